The van der Waals surface area contributed by atoms with E-state index in [1.54, 1.807) is 4.90 Å². The molecule has 0 bridgehead atoms. The first-order valence-electron chi connectivity index (χ1n) is 7.76. The lowest BCUT2D eigenvalue weighted by Gasteiger charge is -2.37. The molecular weight excluding hydrogens is 284 g/mol. The van der Waals surface area contributed by atoms with Crippen LogP contribution in [0.25, 0.3) is 0 Å². The maximum atomic E-state index is 12.1. The normalized spacial score (nSPS) is 20.1. The number of likely N-dealkylation sites (tertiary alicyclic amines) is 1. The van der Waals surface area contributed by atoms with Gasteiger partial charge in [-0.1, -0.05) is 18.2 Å². The van der Waals surface area contributed by atoms with E-state index < -0.39 is 5.79 Å². The smallest absolute Gasteiger partial charge is 0.317 e. The van der Waals surface area contributed by atoms with E-state index in [2.05, 4.69) is 5.32 Å². The van der Waals surface area contributed by atoms with Gasteiger partial charge < -0.3 is 24.4 Å². The summed E-state index contributed by atoms with van der Waals surface area (Å²) in [5.41, 5.74) is 0. The monoisotopic (exact) mass is 306 g/mol. The van der Waals surface area contributed by atoms with Gasteiger partial charge in [0.1, 0.15) is 12.4 Å². The molecule has 0 radical (unpaired) electrons. The maximum absolute atomic E-state index is 12.1. The second-order valence-electron chi connectivity index (χ2n) is 5.49. The number of piperidine rings is 1. The quantitative estimate of drug-likeness (QED) is 0.859. The molecule has 0 unspecified atom stereocenters. The van der Waals surface area contributed by atoms with Gasteiger partial charge in [-0.2, -0.15) is 0 Å². The van der Waals surface area contributed by atoms with Crippen molar-refractivity contribution in [2.45, 2.75) is 18.6 Å². The molecule has 0 aromatic heterocycles. The molecule has 2 amide bonds. The van der Waals surface area contributed by atoms with Gasteiger partial charge in [0.15, 0.2) is 5.79 Å². The van der Waals surface area contributed by atoms with Crippen molar-refractivity contribution in [2.24, 2.45) is 0 Å². The van der Waals surface area contributed by atoms with Crippen molar-refractivity contribution in [2.75, 3.05) is 39.5 Å². The predicted octanol–water partition coefficient (Wildman–Crippen LogP) is 1.61. The van der Waals surface area contributed by atoms with Crippen LogP contribution >= 0.6 is 0 Å². The van der Waals surface area contributed by atoms with Crippen LogP contribution in [0.4, 0.5) is 4.79 Å². The Kier molecular flexibility index (Phi) is 4.80. The predicted molar refractivity (Wildman–Crippen MR) is 80.8 cm³/mol. The number of ether oxygens (including phenoxy) is 3. The Morgan fingerprint density at radius 2 is 1.86 bits per heavy atom. The summed E-state index contributed by atoms with van der Waals surface area (Å²) in [5, 5.41) is 2.88. The third kappa shape index (κ3) is 3.69. The van der Waals surface area contributed by atoms with Gasteiger partial charge in [0, 0.05) is 25.9 Å². The molecule has 2 heterocycles. The number of carbonyl (C=O) groups is 1. The number of nitrogens with zero attached hydrogens (tertiary/aromatic N) is 1. The van der Waals surface area contributed by atoms with E-state index in [1.165, 1.54) is 0 Å². The van der Waals surface area contributed by atoms with E-state index in [4.69, 9.17) is 14.2 Å². The first kappa shape index (κ1) is 15.1. The first-order valence-corrected chi connectivity index (χ1v) is 7.76. The van der Waals surface area contributed by atoms with Crippen LogP contribution in [-0.2, 0) is 9.47 Å². The lowest BCUT2D eigenvalue weighted by Crippen LogP contribution is -2.50. The largest absolute Gasteiger partial charge is 0.492 e. The average molecular weight is 306 g/mol. The summed E-state index contributed by atoms with van der Waals surface area (Å²) in [6.45, 7) is 3.57. The Labute approximate surface area is 130 Å². The van der Waals surface area contributed by atoms with Crippen LogP contribution in [0.2, 0.25) is 0 Å². The van der Waals surface area contributed by atoms with E-state index in [9.17, 15) is 4.79 Å². The summed E-state index contributed by atoms with van der Waals surface area (Å²) < 4.78 is 16.9. The highest BCUT2D eigenvalue weighted by atomic mass is 16.7. The second-order valence-corrected chi connectivity index (χ2v) is 5.49. The maximum Gasteiger partial charge on any atom is 0.317 e. The van der Waals surface area contributed by atoms with E-state index in [0.717, 1.165) is 18.6 Å². The molecule has 0 atom stereocenters. The standard InChI is InChI=1S/C16H22N2O4/c19-15(17-8-11-20-14-4-2-1-3-5-14)18-9-6-16(7-10-18)21-12-13-22-16/h1-5H,6-13H2,(H,17,19). The number of hydrogen-bond donors (Lipinski definition) is 1. The van der Waals surface area contributed by atoms with E-state index >= 15 is 0 Å². The first-order chi connectivity index (χ1) is 10.8. The third-order valence-electron chi connectivity index (χ3n) is 4.02. The second kappa shape index (κ2) is 6.98. The minimum atomic E-state index is -0.437. The van der Waals surface area contributed by atoms with E-state index in [-0.39, 0.29) is 6.03 Å². The fraction of sp³-hybridized carbons (Fsp3) is 0.562. The molecule has 2 aliphatic rings. The third-order valence-corrected chi connectivity index (χ3v) is 4.02. The Hall–Kier alpha value is -1.79. The van der Waals surface area contributed by atoms with Crippen molar-refractivity contribution in [1.29, 1.82) is 0 Å². The molecule has 1 aromatic rings. The van der Waals surface area contributed by atoms with Gasteiger partial charge in [0.25, 0.3) is 0 Å². The van der Waals surface area contributed by atoms with Crippen LogP contribution < -0.4 is 10.1 Å². The number of hydrogen-bond acceptors (Lipinski definition) is 4. The molecule has 1 aromatic carbocycles. The SMILES string of the molecule is O=C(NCCOc1ccccc1)N1CCC2(CC1)OCCO2. The van der Waals surface area contributed by atoms with Gasteiger partial charge in [-0.25, -0.2) is 4.79 Å². The highest BCUT2D eigenvalue weighted by molar-refractivity contribution is 5.74. The molecule has 2 saturated heterocycles. The van der Waals surface area contributed by atoms with Crippen LogP contribution in [0.1, 0.15) is 12.8 Å². The summed E-state index contributed by atoms with van der Waals surface area (Å²) in [6, 6.07) is 9.52. The number of rotatable bonds is 4. The lowest BCUT2D eigenvalue weighted by molar-refractivity contribution is -0.181. The molecule has 3 rings (SSSR count). The molecule has 0 saturated carbocycles. The van der Waals surface area contributed by atoms with Gasteiger partial charge >= 0.3 is 6.03 Å². The minimum Gasteiger partial charge on any atom is -0.492 e. The average Bonchev–Trinajstić information content (AvgIpc) is 3.01. The van der Waals surface area contributed by atoms with Crippen molar-refractivity contribution in [3.05, 3.63) is 30.3 Å². The molecule has 120 valence electrons. The van der Waals surface area contributed by atoms with Crippen LogP contribution in [0.3, 0.4) is 0 Å². The molecule has 1 spiro atoms. The van der Waals surface area contributed by atoms with Crippen molar-refractivity contribution in [1.82, 2.24) is 10.2 Å². The zero-order valence-corrected chi connectivity index (χ0v) is 12.6. The Morgan fingerprint density at radius 3 is 2.55 bits per heavy atom. The Bertz CT molecular complexity index is 478. The summed E-state index contributed by atoms with van der Waals surface area (Å²) >= 11 is 0. The minimum absolute atomic E-state index is 0.0514. The number of para-hydroxylation sites is 1. The van der Waals surface area contributed by atoms with Crippen LogP contribution in [0, 0.1) is 0 Å². The van der Waals surface area contributed by atoms with Crippen molar-refractivity contribution in [3.8, 4) is 5.75 Å². The lowest BCUT2D eigenvalue weighted by atomic mass is 10.0. The van der Waals surface area contributed by atoms with Crippen molar-refractivity contribution < 1.29 is 19.0 Å². The molecular formula is C16H22N2O4. The van der Waals surface area contributed by atoms with Gasteiger partial charge in [-0.3, -0.25) is 0 Å². The number of benzene rings is 1. The summed E-state index contributed by atoms with van der Waals surface area (Å²) in [7, 11) is 0. The topological polar surface area (TPSA) is 60.0 Å². The molecule has 6 nitrogen and oxygen atoms in total. The highest BCUT2D eigenvalue weighted by Gasteiger charge is 2.40. The van der Waals surface area contributed by atoms with Crippen LogP contribution in [0.5, 0.6) is 5.75 Å². The Balaban J connectivity index is 1.34. The molecule has 22 heavy (non-hydrogen) atoms. The van der Waals surface area contributed by atoms with E-state index in [1.807, 2.05) is 30.3 Å². The summed E-state index contributed by atoms with van der Waals surface area (Å²) in [5.74, 6) is 0.375. The van der Waals surface area contributed by atoms with Gasteiger partial charge in [-0.05, 0) is 12.1 Å². The Morgan fingerprint density at radius 1 is 1.18 bits per heavy atom. The number of amides is 2. The van der Waals surface area contributed by atoms with Gasteiger partial charge in [0.05, 0.1) is 19.8 Å². The van der Waals surface area contributed by atoms with Crippen molar-refractivity contribution >= 4 is 6.03 Å². The highest BCUT2D eigenvalue weighted by Crippen LogP contribution is 2.31. The molecule has 2 fully saturated rings. The fourth-order valence-electron chi connectivity index (χ4n) is 2.79. The number of nitrogens with one attached hydrogen (secondary N) is 1. The molecule has 6 heteroatoms. The van der Waals surface area contributed by atoms with Gasteiger partial charge in [-0.15, -0.1) is 0 Å². The van der Waals surface area contributed by atoms with Gasteiger partial charge in [0.2, 0.25) is 0 Å². The summed E-state index contributed by atoms with van der Waals surface area (Å²) in [6.07, 6.45) is 1.47. The molecule has 0 aliphatic carbocycles. The fourth-order valence-corrected chi connectivity index (χ4v) is 2.79. The molecule has 1 N–H and O–H groups in total. The van der Waals surface area contributed by atoms with E-state index in [0.29, 0.717) is 39.5 Å². The number of urea groups is 1. The zero-order chi connectivity index (χ0) is 15.3. The zero-order valence-electron chi connectivity index (χ0n) is 12.6. The van der Waals surface area contributed by atoms with Crippen LogP contribution in [-0.4, -0.2) is 56.2 Å². The summed E-state index contributed by atoms with van der Waals surface area (Å²) in [4.78, 5) is 13.9. The van der Waals surface area contributed by atoms with Crippen molar-refractivity contribution in [3.63, 3.8) is 0 Å². The molecule has 2 aliphatic heterocycles. The number of carbonyl (C=O) groups excluding carboxylic acids is 1. The van der Waals surface area contributed by atoms with Crippen LogP contribution in [0.15, 0.2) is 30.3 Å².